The molecule has 3 aromatic rings. The molecule has 0 aromatic carbocycles. The van der Waals surface area contributed by atoms with Crippen molar-refractivity contribution in [3.05, 3.63) is 40.5 Å². The standard InChI is InChI=1S/C21H24N6O3/c1-11-7-12(2)23-21(22-11)27-9-15-5-6-26(10-17(15)27)20(28)18-14(4)24-30-19(18)16-8-13(3)29-25-16/h7-8,15,17H,5-6,9-10H2,1-4H3/t15-,17-/m0/s1. The van der Waals surface area contributed by atoms with Crippen molar-refractivity contribution in [3.8, 4) is 11.5 Å². The maximum absolute atomic E-state index is 13.4. The van der Waals surface area contributed by atoms with Gasteiger partial charge in [-0.1, -0.05) is 10.3 Å². The van der Waals surface area contributed by atoms with Gasteiger partial charge in [0.2, 0.25) is 11.7 Å². The Morgan fingerprint density at radius 1 is 1.03 bits per heavy atom. The molecule has 2 aliphatic rings. The fraction of sp³-hybridized carbons (Fsp3) is 0.476. The third-order valence-electron chi connectivity index (χ3n) is 6.00. The van der Waals surface area contributed by atoms with Crippen LogP contribution in [0.15, 0.2) is 21.2 Å². The summed E-state index contributed by atoms with van der Waals surface area (Å²) in [6.45, 7) is 9.81. The highest BCUT2D eigenvalue weighted by atomic mass is 16.5. The first-order chi connectivity index (χ1) is 14.4. The summed E-state index contributed by atoms with van der Waals surface area (Å²) in [5.41, 5.74) is 3.41. The molecule has 0 N–H and O–H groups in total. The minimum atomic E-state index is -0.0870. The molecule has 2 fully saturated rings. The van der Waals surface area contributed by atoms with Crippen LogP contribution in [0.4, 0.5) is 5.95 Å². The summed E-state index contributed by atoms with van der Waals surface area (Å²) in [6, 6.07) is 3.94. The van der Waals surface area contributed by atoms with Crippen LogP contribution in [0.3, 0.4) is 0 Å². The van der Waals surface area contributed by atoms with E-state index in [0.717, 1.165) is 30.3 Å². The van der Waals surface area contributed by atoms with Gasteiger partial charge in [0.25, 0.3) is 5.91 Å². The van der Waals surface area contributed by atoms with E-state index in [1.54, 1.807) is 19.9 Å². The molecule has 0 radical (unpaired) electrons. The van der Waals surface area contributed by atoms with Crippen molar-refractivity contribution >= 4 is 11.9 Å². The summed E-state index contributed by atoms with van der Waals surface area (Å²) in [5.74, 6) is 2.23. The van der Waals surface area contributed by atoms with Crippen molar-refractivity contribution in [1.82, 2.24) is 25.2 Å². The van der Waals surface area contributed by atoms with Crippen molar-refractivity contribution < 1.29 is 13.8 Å². The summed E-state index contributed by atoms with van der Waals surface area (Å²) in [7, 11) is 0. The number of carbonyl (C=O) groups is 1. The SMILES string of the molecule is Cc1cc(C)nc(N2C[C@@H]3CCN(C(=O)c4c(C)noc4-c4cc(C)on4)C[C@@H]32)n1. The first-order valence-electron chi connectivity index (χ1n) is 10.2. The van der Waals surface area contributed by atoms with Crippen molar-refractivity contribution in [3.63, 3.8) is 0 Å². The first kappa shape index (κ1) is 18.8. The van der Waals surface area contributed by atoms with Crippen molar-refractivity contribution in [2.75, 3.05) is 24.5 Å². The smallest absolute Gasteiger partial charge is 0.259 e. The minimum absolute atomic E-state index is 0.0870. The number of aryl methyl sites for hydroxylation is 4. The second kappa shape index (κ2) is 6.93. The lowest BCUT2D eigenvalue weighted by Crippen LogP contribution is -2.65. The van der Waals surface area contributed by atoms with Gasteiger partial charge in [0.15, 0.2) is 5.69 Å². The molecule has 2 aliphatic heterocycles. The van der Waals surface area contributed by atoms with E-state index in [4.69, 9.17) is 9.05 Å². The van der Waals surface area contributed by atoms with E-state index in [0.29, 0.717) is 47.5 Å². The number of hydrogen-bond donors (Lipinski definition) is 0. The van der Waals surface area contributed by atoms with Crippen LogP contribution in [-0.2, 0) is 0 Å². The van der Waals surface area contributed by atoms with Crippen LogP contribution in [-0.4, -0.2) is 56.8 Å². The molecule has 0 spiro atoms. The number of amides is 1. The van der Waals surface area contributed by atoms with Crippen LogP contribution in [0.1, 0.15) is 39.6 Å². The number of rotatable bonds is 3. The van der Waals surface area contributed by atoms with Crippen molar-refractivity contribution in [1.29, 1.82) is 0 Å². The van der Waals surface area contributed by atoms with Crippen LogP contribution in [0.5, 0.6) is 0 Å². The number of carbonyl (C=O) groups excluding carboxylic acids is 1. The zero-order valence-corrected chi connectivity index (χ0v) is 17.5. The minimum Gasteiger partial charge on any atom is -0.361 e. The summed E-state index contributed by atoms with van der Waals surface area (Å²) in [5, 5.41) is 8.00. The molecule has 3 aromatic heterocycles. The van der Waals surface area contributed by atoms with Crippen LogP contribution >= 0.6 is 0 Å². The van der Waals surface area contributed by atoms with Crippen molar-refractivity contribution in [2.24, 2.45) is 5.92 Å². The lowest BCUT2D eigenvalue weighted by atomic mass is 9.82. The number of aromatic nitrogens is 4. The van der Waals surface area contributed by atoms with Gasteiger partial charge in [-0.25, -0.2) is 9.97 Å². The molecular formula is C21H24N6O3. The average Bonchev–Trinajstić information content (AvgIpc) is 3.27. The molecule has 0 aliphatic carbocycles. The lowest BCUT2D eigenvalue weighted by molar-refractivity contribution is 0.0589. The zero-order valence-electron chi connectivity index (χ0n) is 17.5. The molecule has 0 saturated carbocycles. The maximum Gasteiger partial charge on any atom is 0.259 e. The molecule has 156 valence electrons. The lowest BCUT2D eigenvalue weighted by Gasteiger charge is -2.53. The van der Waals surface area contributed by atoms with E-state index in [1.807, 2.05) is 24.8 Å². The Balaban J connectivity index is 1.39. The normalized spacial score (nSPS) is 20.8. The summed E-state index contributed by atoms with van der Waals surface area (Å²) >= 11 is 0. The van der Waals surface area contributed by atoms with E-state index in [-0.39, 0.29) is 11.9 Å². The molecule has 0 unspecified atom stereocenters. The van der Waals surface area contributed by atoms with Gasteiger partial charge in [-0.05, 0) is 40.2 Å². The first-order valence-corrected chi connectivity index (χ1v) is 10.2. The second-order valence-corrected chi connectivity index (χ2v) is 8.27. The van der Waals surface area contributed by atoms with Gasteiger partial charge in [-0.15, -0.1) is 0 Å². The van der Waals surface area contributed by atoms with E-state index >= 15 is 0 Å². The van der Waals surface area contributed by atoms with E-state index in [1.165, 1.54) is 0 Å². The number of fused-ring (bicyclic) bond motifs is 1. The van der Waals surface area contributed by atoms with E-state index < -0.39 is 0 Å². The quantitative estimate of drug-likeness (QED) is 0.652. The molecule has 5 rings (SSSR count). The summed E-state index contributed by atoms with van der Waals surface area (Å²) in [6.07, 6.45) is 0.959. The Labute approximate surface area is 174 Å². The summed E-state index contributed by atoms with van der Waals surface area (Å²) < 4.78 is 10.6. The number of piperidine rings is 1. The predicted molar refractivity (Wildman–Crippen MR) is 108 cm³/mol. The predicted octanol–water partition coefficient (Wildman–Crippen LogP) is 2.70. The van der Waals surface area contributed by atoms with Gasteiger partial charge in [-0.3, -0.25) is 4.79 Å². The molecule has 9 nitrogen and oxygen atoms in total. The maximum atomic E-state index is 13.4. The fourth-order valence-electron chi connectivity index (χ4n) is 4.47. The number of anilines is 1. The number of hydrogen-bond acceptors (Lipinski definition) is 8. The Kier molecular flexibility index (Phi) is 4.34. The van der Waals surface area contributed by atoms with Crippen LogP contribution in [0.2, 0.25) is 0 Å². The van der Waals surface area contributed by atoms with Crippen LogP contribution in [0, 0.1) is 33.6 Å². The Morgan fingerprint density at radius 2 is 1.80 bits per heavy atom. The molecule has 0 bridgehead atoms. The van der Waals surface area contributed by atoms with Crippen LogP contribution < -0.4 is 4.90 Å². The molecule has 2 saturated heterocycles. The molecule has 30 heavy (non-hydrogen) atoms. The number of likely N-dealkylation sites (tertiary alicyclic amines) is 1. The van der Waals surface area contributed by atoms with Crippen molar-refractivity contribution in [2.45, 2.75) is 40.2 Å². The van der Waals surface area contributed by atoms with Crippen LogP contribution in [0.25, 0.3) is 11.5 Å². The Bertz CT molecular complexity index is 1100. The fourth-order valence-corrected chi connectivity index (χ4v) is 4.47. The summed E-state index contributed by atoms with van der Waals surface area (Å²) in [4.78, 5) is 26.7. The highest BCUT2D eigenvalue weighted by Crippen LogP contribution is 2.36. The number of nitrogens with zero attached hydrogens (tertiary/aromatic N) is 6. The highest BCUT2D eigenvalue weighted by Gasteiger charge is 2.45. The molecule has 5 heterocycles. The third-order valence-corrected chi connectivity index (χ3v) is 6.00. The Morgan fingerprint density at radius 3 is 2.50 bits per heavy atom. The molecule has 2 atom stereocenters. The monoisotopic (exact) mass is 408 g/mol. The zero-order chi connectivity index (χ0) is 21.0. The van der Waals surface area contributed by atoms with Gasteiger partial charge >= 0.3 is 0 Å². The van der Waals surface area contributed by atoms with Gasteiger partial charge in [0.1, 0.15) is 11.3 Å². The third kappa shape index (κ3) is 3.05. The Hall–Kier alpha value is -3.23. The molecule has 1 amide bonds. The van der Waals surface area contributed by atoms with E-state index in [9.17, 15) is 4.79 Å². The molecular weight excluding hydrogens is 384 g/mol. The topological polar surface area (TPSA) is 101 Å². The average molecular weight is 408 g/mol. The molecule has 9 heteroatoms. The van der Waals surface area contributed by atoms with Gasteiger partial charge < -0.3 is 18.8 Å². The largest absolute Gasteiger partial charge is 0.361 e. The van der Waals surface area contributed by atoms with E-state index in [2.05, 4.69) is 25.2 Å². The highest BCUT2D eigenvalue weighted by molar-refractivity contribution is 6.00. The van der Waals surface area contributed by atoms with Gasteiger partial charge in [-0.2, -0.15) is 0 Å². The van der Waals surface area contributed by atoms with Gasteiger partial charge in [0.05, 0.1) is 11.7 Å². The van der Waals surface area contributed by atoms with Gasteiger partial charge in [0, 0.05) is 43.0 Å². The second-order valence-electron chi connectivity index (χ2n) is 8.27.